The minimum atomic E-state index is -4.61. The molecule has 2 aromatic rings. The van der Waals surface area contributed by atoms with Crippen LogP contribution >= 0.6 is 0 Å². The molecule has 0 unspecified atom stereocenters. The Morgan fingerprint density at radius 1 is 1.14 bits per heavy atom. The minimum absolute atomic E-state index is 0.0860. The topological polar surface area (TPSA) is 66.9 Å². The summed E-state index contributed by atoms with van der Waals surface area (Å²) in [6, 6.07) is 10.6. The van der Waals surface area contributed by atoms with Crippen molar-refractivity contribution in [2.45, 2.75) is 6.18 Å². The predicted molar refractivity (Wildman–Crippen MR) is 70.1 cm³/mol. The fourth-order valence-electron chi connectivity index (χ4n) is 1.94. The Balaban J connectivity index is 2.67. The number of rotatable bonds is 2. The molecule has 2 aromatic carbocycles. The smallest absolute Gasteiger partial charge is 0.366 e. The Labute approximate surface area is 118 Å². The lowest BCUT2D eigenvalue weighted by Crippen LogP contribution is -2.11. The van der Waals surface area contributed by atoms with Gasteiger partial charge in [0.05, 0.1) is 17.2 Å². The van der Waals surface area contributed by atoms with Gasteiger partial charge in [-0.3, -0.25) is 4.79 Å². The van der Waals surface area contributed by atoms with Crippen molar-refractivity contribution >= 4 is 5.91 Å². The van der Waals surface area contributed by atoms with Crippen molar-refractivity contribution in [1.29, 1.82) is 5.26 Å². The molecule has 0 aliphatic heterocycles. The first-order chi connectivity index (χ1) is 9.82. The standard InChI is InChI=1S/C15H9F3N2O/c16-15(17,18)13-6-9(8-19)4-5-12(13)10-2-1-3-11(7-10)14(20)21/h1-7H,(H2,20,21). The Kier molecular flexibility index (Phi) is 3.68. The van der Waals surface area contributed by atoms with Gasteiger partial charge in [-0.2, -0.15) is 18.4 Å². The molecule has 21 heavy (non-hydrogen) atoms. The minimum Gasteiger partial charge on any atom is -0.366 e. The highest BCUT2D eigenvalue weighted by atomic mass is 19.4. The maximum atomic E-state index is 13.1. The van der Waals surface area contributed by atoms with Gasteiger partial charge >= 0.3 is 6.18 Å². The zero-order valence-electron chi connectivity index (χ0n) is 10.6. The van der Waals surface area contributed by atoms with E-state index in [0.717, 1.165) is 6.07 Å². The summed E-state index contributed by atoms with van der Waals surface area (Å²) in [7, 11) is 0. The second-order valence-corrected chi connectivity index (χ2v) is 4.31. The highest BCUT2D eigenvalue weighted by Crippen LogP contribution is 2.37. The molecule has 106 valence electrons. The summed E-state index contributed by atoms with van der Waals surface area (Å²) in [5, 5.41) is 8.73. The summed E-state index contributed by atoms with van der Waals surface area (Å²) in [6.07, 6.45) is -4.61. The SMILES string of the molecule is N#Cc1ccc(-c2cccc(C(N)=O)c2)c(C(F)(F)F)c1. The summed E-state index contributed by atoms with van der Waals surface area (Å²) >= 11 is 0. The average molecular weight is 290 g/mol. The van der Waals surface area contributed by atoms with E-state index in [9.17, 15) is 18.0 Å². The number of primary amides is 1. The third-order valence-corrected chi connectivity index (χ3v) is 2.91. The zero-order valence-corrected chi connectivity index (χ0v) is 10.6. The normalized spacial score (nSPS) is 11.0. The largest absolute Gasteiger partial charge is 0.417 e. The molecule has 0 saturated carbocycles. The number of halogens is 3. The van der Waals surface area contributed by atoms with Crippen LogP contribution in [0.1, 0.15) is 21.5 Å². The van der Waals surface area contributed by atoms with Gasteiger partial charge in [-0.15, -0.1) is 0 Å². The van der Waals surface area contributed by atoms with Crippen LogP contribution in [-0.4, -0.2) is 5.91 Å². The first kappa shape index (κ1) is 14.6. The zero-order chi connectivity index (χ0) is 15.6. The second-order valence-electron chi connectivity index (χ2n) is 4.31. The number of nitriles is 1. The van der Waals surface area contributed by atoms with E-state index in [-0.39, 0.29) is 22.3 Å². The van der Waals surface area contributed by atoms with Crippen molar-refractivity contribution in [2.75, 3.05) is 0 Å². The molecular formula is C15H9F3N2O. The average Bonchev–Trinajstić information content (AvgIpc) is 2.45. The lowest BCUT2D eigenvalue weighted by atomic mass is 9.96. The van der Waals surface area contributed by atoms with Gasteiger partial charge < -0.3 is 5.73 Å². The molecule has 0 aromatic heterocycles. The number of benzene rings is 2. The van der Waals surface area contributed by atoms with E-state index >= 15 is 0 Å². The summed E-state index contributed by atoms with van der Waals surface area (Å²) < 4.78 is 39.3. The number of hydrogen-bond acceptors (Lipinski definition) is 2. The Hall–Kier alpha value is -2.81. The van der Waals surface area contributed by atoms with E-state index in [4.69, 9.17) is 11.0 Å². The van der Waals surface area contributed by atoms with Crippen LogP contribution in [0.2, 0.25) is 0 Å². The molecule has 0 atom stereocenters. The summed E-state index contributed by atoms with van der Waals surface area (Å²) in [5.41, 5.74) is 4.33. The molecule has 0 bridgehead atoms. The molecule has 0 saturated heterocycles. The monoisotopic (exact) mass is 290 g/mol. The highest BCUT2D eigenvalue weighted by molar-refractivity contribution is 5.94. The maximum Gasteiger partial charge on any atom is 0.417 e. The van der Waals surface area contributed by atoms with Crippen molar-refractivity contribution in [3.63, 3.8) is 0 Å². The Bertz CT molecular complexity index is 745. The van der Waals surface area contributed by atoms with Gasteiger partial charge in [-0.05, 0) is 35.4 Å². The Morgan fingerprint density at radius 2 is 1.86 bits per heavy atom. The summed E-state index contributed by atoms with van der Waals surface area (Å²) in [4.78, 5) is 11.1. The molecule has 0 heterocycles. The lowest BCUT2D eigenvalue weighted by Gasteiger charge is -2.13. The third kappa shape index (κ3) is 3.03. The van der Waals surface area contributed by atoms with Crippen molar-refractivity contribution in [3.8, 4) is 17.2 Å². The predicted octanol–water partition coefficient (Wildman–Crippen LogP) is 3.34. The fraction of sp³-hybridized carbons (Fsp3) is 0.0667. The van der Waals surface area contributed by atoms with Gasteiger partial charge in [0, 0.05) is 5.56 Å². The molecule has 0 aliphatic carbocycles. The van der Waals surface area contributed by atoms with Crippen LogP contribution in [0.15, 0.2) is 42.5 Å². The van der Waals surface area contributed by atoms with Crippen LogP contribution in [0, 0.1) is 11.3 Å². The number of amides is 1. The van der Waals surface area contributed by atoms with Gasteiger partial charge in [-0.25, -0.2) is 0 Å². The molecular weight excluding hydrogens is 281 g/mol. The van der Waals surface area contributed by atoms with E-state index in [1.807, 2.05) is 0 Å². The van der Waals surface area contributed by atoms with E-state index in [2.05, 4.69) is 0 Å². The molecule has 3 nitrogen and oxygen atoms in total. The molecule has 0 fully saturated rings. The van der Waals surface area contributed by atoms with Crippen LogP contribution in [0.4, 0.5) is 13.2 Å². The van der Waals surface area contributed by atoms with Crippen molar-refractivity contribution in [3.05, 3.63) is 59.2 Å². The second kappa shape index (κ2) is 5.29. The van der Waals surface area contributed by atoms with Gasteiger partial charge in [0.25, 0.3) is 0 Å². The number of nitrogens with zero attached hydrogens (tertiary/aromatic N) is 1. The number of carbonyl (C=O) groups is 1. The van der Waals surface area contributed by atoms with Gasteiger partial charge in [0.1, 0.15) is 0 Å². The molecule has 0 aliphatic rings. The molecule has 0 spiro atoms. The van der Waals surface area contributed by atoms with Gasteiger partial charge in [-0.1, -0.05) is 18.2 Å². The third-order valence-electron chi connectivity index (χ3n) is 2.91. The fourth-order valence-corrected chi connectivity index (χ4v) is 1.94. The number of hydrogen-bond donors (Lipinski definition) is 1. The molecule has 1 amide bonds. The first-order valence-electron chi connectivity index (χ1n) is 5.84. The molecule has 6 heteroatoms. The Morgan fingerprint density at radius 3 is 2.43 bits per heavy atom. The quantitative estimate of drug-likeness (QED) is 0.921. The van der Waals surface area contributed by atoms with Crippen molar-refractivity contribution in [1.82, 2.24) is 0 Å². The highest BCUT2D eigenvalue weighted by Gasteiger charge is 2.34. The van der Waals surface area contributed by atoms with E-state index < -0.39 is 17.6 Å². The number of alkyl halides is 3. The van der Waals surface area contributed by atoms with E-state index in [1.165, 1.54) is 36.4 Å². The van der Waals surface area contributed by atoms with Gasteiger partial charge in [0.2, 0.25) is 5.91 Å². The molecule has 0 radical (unpaired) electrons. The van der Waals surface area contributed by atoms with Crippen molar-refractivity contribution < 1.29 is 18.0 Å². The van der Waals surface area contributed by atoms with Gasteiger partial charge in [0.15, 0.2) is 0 Å². The number of carbonyl (C=O) groups excluding carboxylic acids is 1. The maximum absolute atomic E-state index is 13.1. The molecule has 2 rings (SSSR count). The van der Waals surface area contributed by atoms with Crippen LogP contribution in [0.5, 0.6) is 0 Å². The van der Waals surface area contributed by atoms with Crippen LogP contribution in [0.25, 0.3) is 11.1 Å². The summed E-state index contributed by atoms with van der Waals surface area (Å²) in [6.45, 7) is 0. The van der Waals surface area contributed by atoms with E-state index in [1.54, 1.807) is 6.07 Å². The summed E-state index contributed by atoms with van der Waals surface area (Å²) in [5.74, 6) is -0.723. The van der Waals surface area contributed by atoms with Crippen LogP contribution in [-0.2, 0) is 6.18 Å². The van der Waals surface area contributed by atoms with Crippen LogP contribution < -0.4 is 5.73 Å². The lowest BCUT2D eigenvalue weighted by molar-refractivity contribution is -0.137. The number of nitrogens with two attached hydrogens (primary N) is 1. The van der Waals surface area contributed by atoms with Crippen LogP contribution in [0.3, 0.4) is 0 Å². The van der Waals surface area contributed by atoms with E-state index in [0.29, 0.717) is 0 Å². The molecule has 2 N–H and O–H groups in total. The first-order valence-corrected chi connectivity index (χ1v) is 5.84. The van der Waals surface area contributed by atoms with Crippen molar-refractivity contribution in [2.24, 2.45) is 5.73 Å².